The summed E-state index contributed by atoms with van der Waals surface area (Å²) in [6, 6.07) is -0.225. The van der Waals surface area contributed by atoms with Gasteiger partial charge in [-0.1, -0.05) is 0 Å². The molecule has 2 aliphatic carbocycles. The van der Waals surface area contributed by atoms with Crippen molar-refractivity contribution in [2.24, 2.45) is 11.3 Å². The molecule has 2 saturated carbocycles. The smallest absolute Gasteiger partial charge is 0.317 e. The maximum atomic E-state index is 12.6. The van der Waals surface area contributed by atoms with Crippen LogP contribution in [0.15, 0.2) is 0 Å². The van der Waals surface area contributed by atoms with E-state index in [1.165, 1.54) is 19.3 Å². The lowest BCUT2D eigenvalue weighted by Crippen LogP contribution is -2.44. The first kappa shape index (κ1) is 10.4. The molecule has 0 radical (unpaired) electrons. The summed E-state index contributed by atoms with van der Waals surface area (Å²) in [4.78, 5) is 13.5. The summed E-state index contributed by atoms with van der Waals surface area (Å²) in [6.07, 6.45) is 5.75. The van der Waals surface area contributed by atoms with Crippen molar-refractivity contribution >= 4 is 6.03 Å². The Hall–Kier alpha value is -0.800. The van der Waals surface area contributed by atoms with Crippen LogP contribution in [-0.2, 0) is 0 Å². The minimum absolute atomic E-state index is 0.0529. The molecule has 1 N–H and O–H groups in total. The van der Waals surface area contributed by atoms with Gasteiger partial charge in [0.15, 0.2) is 0 Å². The monoisotopic (exact) mass is 226 g/mol. The van der Waals surface area contributed by atoms with E-state index in [0.717, 1.165) is 25.9 Å². The number of hydrogen-bond acceptors (Lipinski definition) is 1. The Morgan fingerprint density at radius 1 is 1.50 bits per heavy atom. The standard InChI is InChI=1S/C12H19FN2O/c13-7-10-2-1-5-15(10)11(16)14-8-9-6-12(9)3-4-12/h9-10H,1-8H2,(H,14,16). The van der Waals surface area contributed by atoms with E-state index in [4.69, 9.17) is 0 Å². The molecule has 3 fully saturated rings. The molecule has 1 aliphatic heterocycles. The first-order chi connectivity index (χ1) is 7.75. The molecule has 3 nitrogen and oxygen atoms in total. The Bertz CT molecular complexity index is 303. The number of rotatable bonds is 3. The second-order valence-electron chi connectivity index (χ2n) is 5.59. The molecule has 16 heavy (non-hydrogen) atoms. The average molecular weight is 226 g/mol. The van der Waals surface area contributed by atoms with Crippen molar-refractivity contribution in [3.05, 3.63) is 0 Å². The van der Waals surface area contributed by atoms with Gasteiger partial charge in [-0.3, -0.25) is 0 Å². The zero-order valence-corrected chi connectivity index (χ0v) is 9.54. The summed E-state index contributed by atoms with van der Waals surface area (Å²) in [5, 5.41) is 2.97. The number of urea groups is 1. The first-order valence-electron chi connectivity index (χ1n) is 6.36. The van der Waals surface area contributed by atoms with Crippen molar-refractivity contribution in [1.82, 2.24) is 10.2 Å². The number of hydrogen-bond donors (Lipinski definition) is 1. The minimum atomic E-state index is -0.402. The Kier molecular flexibility index (Phi) is 2.33. The van der Waals surface area contributed by atoms with E-state index in [2.05, 4.69) is 5.32 Å². The fourth-order valence-electron chi connectivity index (χ4n) is 3.07. The zero-order chi connectivity index (χ0) is 11.2. The lowest BCUT2D eigenvalue weighted by Gasteiger charge is -2.22. The maximum Gasteiger partial charge on any atom is 0.317 e. The SMILES string of the molecule is O=C(NCC1CC12CC2)N1CCCC1CF. The van der Waals surface area contributed by atoms with E-state index in [-0.39, 0.29) is 12.1 Å². The normalized spacial score (nSPS) is 34.2. The predicted octanol–water partition coefficient (Wildman–Crippen LogP) is 1.93. The Morgan fingerprint density at radius 2 is 2.31 bits per heavy atom. The molecule has 0 bridgehead atoms. The van der Waals surface area contributed by atoms with Gasteiger partial charge in [-0.25, -0.2) is 9.18 Å². The summed E-state index contributed by atoms with van der Waals surface area (Å²) in [5.41, 5.74) is 0.637. The van der Waals surface area contributed by atoms with Crippen LogP contribution in [0.2, 0.25) is 0 Å². The maximum absolute atomic E-state index is 12.6. The Labute approximate surface area is 95.4 Å². The second-order valence-corrected chi connectivity index (χ2v) is 5.59. The number of carbonyl (C=O) groups excluding carboxylic acids is 1. The van der Waals surface area contributed by atoms with Gasteiger partial charge in [0.25, 0.3) is 0 Å². The van der Waals surface area contributed by atoms with Crippen molar-refractivity contribution in [2.75, 3.05) is 19.8 Å². The van der Waals surface area contributed by atoms with E-state index in [1.807, 2.05) is 0 Å². The van der Waals surface area contributed by atoms with Gasteiger partial charge in [-0.05, 0) is 43.4 Å². The molecule has 2 unspecified atom stereocenters. The van der Waals surface area contributed by atoms with Gasteiger partial charge in [0.1, 0.15) is 6.67 Å². The molecule has 4 heteroatoms. The summed E-state index contributed by atoms with van der Waals surface area (Å²) in [7, 11) is 0. The van der Waals surface area contributed by atoms with Crippen LogP contribution in [-0.4, -0.2) is 36.7 Å². The number of amides is 2. The highest BCUT2D eigenvalue weighted by Crippen LogP contribution is 2.70. The summed E-state index contributed by atoms with van der Waals surface area (Å²) in [5.74, 6) is 0.711. The third kappa shape index (κ3) is 1.68. The van der Waals surface area contributed by atoms with E-state index < -0.39 is 6.67 Å². The molecule has 0 aromatic carbocycles. The minimum Gasteiger partial charge on any atom is -0.338 e. The van der Waals surface area contributed by atoms with Crippen LogP contribution in [0.1, 0.15) is 32.1 Å². The van der Waals surface area contributed by atoms with Crippen molar-refractivity contribution in [1.29, 1.82) is 0 Å². The van der Waals surface area contributed by atoms with Crippen molar-refractivity contribution in [2.45, 2.75) is 38.1 Å². The van der Waals surface area contributed by atoms with Crippen molar-refractivity contribution in [3.8, 4) is 0 Å². The molecular formula is C12H19FN2O. The molecule has 3 aliphatic rings. The van der Waals surface area contributed by atoms with Gasteiger partial charge in [0, 0.05) is 13.1 Å². The predicted molar refractivity (Wildman–Crippen MR) is 58.9 cm³/mol. The largest absolute Gasteiger partial charge is 0.338 e. The highest BCUT2D eigenvalue weighted by molar-refractivity contribution is 5.74. The number of nitrogens with zero attached hydrogens (tertiary/aromatic N) is 1. The summed E-state index contributed by atoms with van der Waals surface area (Å²) in [6.45, 7) is 1.12. The van der Waals surface area contributed by atoms with Gasteiger partial charge in [-0.15, -0.1) is 0 Å². The van der Waals surface area contributed by atoms with E-state index in [0.29, 0.717) is 11.3 Å². The third-order valence-electron chi connectivity index (χ3n) is 4.57. The molecule has 2 amide bonds. The van der Waals surface area contributed by atoms with Crippen LogP contribution in [0.5, 0.6) is 0 Å². The molecule has 3 rings (SSSR count). The zero-order valence-electron chi connectivity index (χ0n) is 9.54. The molecule has 0 aromatic rings. The molecule has 90 valence electrons. The quantitative estimate of drug-likeness (QED) is 0.783. The van der Waals surface area contributed by atoms with E-state index >= 15 is 0 Å². The third-order valence-corrected chi connectivity index (χ3v) is 4.57. The number of carbonyl (C=O) groups is 1. The van der Waals surface area contributed by atoms with Gasteiger partial charge in [0.2, 0.25) is 0 Å². The highest BCUT2D eigenvalue weighted by Gasteiger charge is 2.62. The molecule has 1 saturated heterocycles. The van der Waals surface area contributed by atoms with Gasteiger partial charge in [0.05, 0.1) is 6.04 Å². The molecule has 1 spiro atoms. The van der Waals surface area contributed by atoms with Crippen LogP contribution in [0.4, 0.5) is 9.18 Å². The topological polar surface area (TPSA) is 32.3 Å². The Morgan fingerprint density at radius 3 is 2.94 bits per heavy atom. The number of likely N-dealkylation sites (tertiary alicyclic amines) is 1. The fourth-order valence-corrected chi connectivity index (χ4v) is 3.07. The number of nitrogens with one attached hydrogen (secondary N) is 1. The van der Waals surface area contributed by atoms with Gasteiger partial charge >= 0.3 is 6.03 Å². The molecular weight excluding hydrogens is 207 g/mol. The van der Waals surface area contributed by atoms with Crippen molar-refractivity contribution < 1.29 is 9.18 Å². The second kappa shape index (κ2) is 3.60. The summed E-state index contributed by atoms with van der Waals surface area (Å²) >= 11 is 0. The van der Waals surface area contributed by atoms with Crippen LogP contribution in [0.3, 0.4) is 0 Å². The van der Waals surface area contributed by atoms with Gasteiger partial charge < -0.3 is 10.2 Å². The summed E-state index contributed by atoms with van der Waals surface area (Å²) < 4.78 is 12.6. The van der Waals surface area contributed by atoms with Crippen LogP contribution in [0.25, 0.3) is 0 Å². The lowest BCUT2D eigenvalue weighted by molar-refractivity contribution is 0.182. The Balaban J connectivity index is 1.45. The lowest BCUT2D eigenvalue weighted by atomic mass is 10.2. The molecule has 2 atom stereocenters. The molecule has 1 heterocycles. The highest BCUT2D eigenvalue weighted by atomic mass is 19.1. The number of alkyl halides is 1. The molecule has 0 aromatic heterocycles. The van der Waals surface area contributed by atoms with Crippen LogP contribution < -0.4 is 5.32 Å². The van der Waals surface area contributed by atoms with Crippen LogP contribution >= 0.6 is 0 Å². The fraction of sp³-hybridized carbons (Fsp3) is 0.917. The van der Waals surface area contributed by atoms with Gasteiger partial charge in [-0.2, -0.15) is 0 Å². The van der Waals surface area contributed by atoms with Crippen molar-refractivity contribution in [3.63, 3.8) is 0 Å². The first-order valence-corrected chi connectivity index (χ1v) is 6.36. The van der Waals surface area contributed by atoms with Crippen LogP contribution in [0, 0.1) is 11.3 Å². The average Bonchev–Trinajstić information content (AvgIpc) is 3.16. The van der Waals surface area contributed by atoms with E-state index in [1.54, 1.807) is 4.90 Å². The van der Waals surface area contributed by atoms with E-state index in [9.17, 15) is 9.18 Å². The number of halogens is 1.